The topological polar surface area (TPSA) is 57.0 Å². The summed E-state index contributed by atoms with van der Waals surface area (Å²) in [4.78, 5) is 0. The molecule has 3 rings (SSSR count). The Morgan fingerprint density at radius 3 is 2.88 bits per heavy atom. The van der Waals surface area contributed by atoms with Crippen LogP contribution in [0.3, 0.4) is 0 Å². The lowest BCUT2D eigenvalue weighted by molar-refractivity contribution is 0.618. The number of nitrogens with zero attached hydrogens (tertiary/aromatic N) is 2. The molecule has 17 heavy (non-hydrogen) atoms. The molecule has 0 atom stereocenters. The average Bonchev–Trinajstić information content (AvgIpc) is 2.81. The number of aromatic nitrogens is 2. The summed E-state index contributed by atoms with van der Waals surface area (Å²) in [7, 11) is 1.84. The molecule has 0 spiro atoms. The Balaban J connectivity index is 2.25. The molecule has 2 N–H and O–H groups in total. The fraction of sp³-hybridized carbons (Fsp3) is 0.0833. The van der Waals surface area contributed by atoms with Crippen LogP contribution >= 0.6 is 15.9 Å². The van der Waals surface area contributed by atoms with Crippen LogP contribution in [0, 0.1) is 0 Å². The molecule has 2 aromatic heterocycles. The van der Waals surface area contributed by atoms with Gasteiger partial charge in [-0.3, -0.25) is 4.68 Å². The summed E-state index contributed by atoms with van der Waals surface area (Å²) in [6.45, 7) is 0. The van der Waals surface area contributed by atoms with Crippen molar-refractivity contribution in [3.63, 3.8) is 0 Å². The van der Waals surface area contributed by atoms with Crippen molar-refractivity contribution in [2.45, 2.75) is 0 Å². The highest BCUT2D eigenvalue weighted by Crippen LogP contribution is 2.32. The second kappa shape index (κ2) is 3.63. The highest BCUT2D eigenvalue weighted by atomic mass is 79.9. The summed E-state index contributed by atoms with van der Waals surface area (Å²) in [5.74, 6) is 0.732. The Morgan fingerprint density at radius 2 is 2.18 bits per heavy atom. The Labute approximate surface area is 106 Å². The van der Waals surface area contributed by atoms with Gasteiger partial charge in [-0.1, -0.05) is 15.9 Å². The number of benzene rings is 1. The zero-order chi connectivity index (χ0) is 12.0. The molecule has 0 fully saturated rings. The van der Waals surface area contributed by atoms with E-state index >= 15 is 0 Å². The van der Waals surface area contributed by atoms with E-state index in [1.807, 2.05) is 31.3 Å². The molecule has 4 nitrogen and oxygen atoms in total. The first-order chi connectivity index (χ1) is 8.15. The number of nitrogens with two attached hydrogens (primary N) is 1. The first kappa shape index (κ1) is 10.4. The number of halogens is 1. The minimum absolute atomic E-state index is 0.616. The lowest BCUT2D eigenvalue weighted by Gasteiger charge is -1.98. The molecular weight excluding hydrogens is 282 g/mol. The van der Waals surface area contributed by atoms with Gasteiger partial charge in [-0.2, -0.15) is 5.10 Å². The number of hydrogen-bond acceptors (Lipinski definition) is 3. The van der Waals surface area contributed by atoms with E-state index in [9.17, 15) is 0 Å². The Morgan fingerprint density at radius 1 is 1.35 bits per heavy atom. The summed E-state index contributed by atoms with van der Waals surface area (Å²) in [5, 5.41) is 5.14. The van der Waals surface area contributed by atoms with Crippen LogP contribution in [0.1, 0.15) is 0 Å². The van der Waals surface area contributed by atoms with E-state index in [0.717, 1.165) is 26.9 Å². The molecule has 0 aliphatic rings. The van der Waals surface area contributed by atoms with Crippen molar-refractivity contribution in [2.75, 3.05) is 5.73 Å². The van der Waals surface area contributed by atoms with Gasteiger partial charge in [0.05, 0.1) is 11.9 Å². The van der Waals surface area contributed by atoms with Crippen LogP contribution < -0.4 is 5.73 Å². The zero-order valence-corrected chi connectivity index (χ0v) is 10.7. The van der Waals surface area contributed by atoms with Crippen molar-refractivity contribution >= 4 is 32.6 Å². The van der Waals surface area contributed by atoms with Gasteiger partial charge in [-0.05, 0) is 24.3 Å². The number of fused-ring (bicyclic) bond motifs is 1. The SMILES string of the molecule is Cn1ncc(N)c1-c1cc2cc(Br)ccc2o1. The Bertz CT molecular complexity index is 679. The third kappa shape index (κ3) is 1.63. The second-order valence-corrected chi connectivity index (χ2v) is 4.78. The van der Waals surface area contributed by atoms with Crippen molar-refractivity contribution in [3.05, 3.63) is 34.9 Å². The van der Waals surface area contributed by atoms with Gasteiger partial charge in [-0.15, -0.1) is 0 Å². The monoisotopic (exact) mass is 291 g/mol. The van der Waals surface area contributed by atoms with Gasteiger partial charge in [0.1, 0.15) is 11.3 Å². The first-order valence-electron chi connectivity index (χ1n) is 5.12. The smallest absolute Gasteiger partial charge is 0.155 e. The molecule has 0 saturated carbocycles. The summed E-state index contributed by atoms with van der Waals surface area (Å²) < 4.78 is 8.50. The first-order valence-corrected chi connectivity index (χ1v) is 5.91. The summed E-state index contributed by atoms with van der Waals surface area (Å²) >= 11 is 3.44. The lowest BCUT2D eigenvalue weighted by Crippen LogP contribution is -1.94. The molecule has 5 heteroatoms. The van der Waals surface area contributed by atoms with Crippen LogP contribution in [-0.4, -0.2) is 9.78 Å². The van der Waals surface area contributed by atoms with Crippen molar-refractivity contribution < 1.29 is 4.42 Å². The minimum Gasteiger partial charge on any atom is -0.454 e. The fourth-order valence-corrected chi connectivity index (χ4v) is 2.27. The highest BCUT2D eigenvalue weighted by molar-refractivity contribution is 9.10. The number of hydrogen-bond donors (Lipinski definition) is 1. The predicted molar refractivity (Wildman–Crippen MR) is 70.5 cm³/mol. The minimum atomic E-state index is 0.616. The summed E-state index contributed by atoms with van der Waals surface area (Å²) in [6, 6.07) is 7.85. The van der Waals surface area contributed by atoms with E-state index in [1.165, 1.54) is 0 Å². The number of nitrogen functional groups attached to an aromatic ring is 1. The largest absolute Gasteiger partial charge is 0.454 e. The van der Waals surface area contributed by atoms with Crippen LogP contribution in [0.15, 0.2) is 39.4 Å². The van der Waals surface area contributed by atoms with Gasteiger partial charge in [-0.25, -0.2) is 0 Å². The number of aryl methyl sites for hydroxylation is 1. The van der Waals surface area contributed by atoms with Gasteiger partial charge in [0.15, 0.2) is 5.76 Å². The Kier molecular flexibility index (Phi) is 2.22. The molecule has 1 aromatic carbocycles. The maximum Gasteiger partial charge on any atom is 0.155 e. The van der Waals surface area contributed by atoms with Crippen molar-refractivity contribution in [3.8, 4) is 11.5 Å². The average molecular weight is 292 g/mol. The predicted octanol–water partition coefficient (Wildman–Crippen LogP) is 3.18. The van der Waals surface area contributed by atoms with Crippen LogP contribution in [0.25, 0.3) is 22.4 Å². The third-order valence-corrected chi connectivity index (χ3v) is 3.17. The highest BCUT2D eigenvalue weighted by Gasteiger charge is 2.13. The molecule has 2 heterocycles. The number of furan rings is 1. The second-order valence-electron chi connectivity index (χ2n) is 3.86. The number of anilines is 1. The molecule has 0 amide bonds. The number of rotatable bonds is 1. The standard InChI is InChI=1S/C12H10BrN3O/c1-16-12(9(14)6-15-16)11-5-7-4-8(13)2-3-10(7)17-11/h2-6H,14H2,1H3. The molecule has 0 aliphatic carbocycles. The van der Waals surface area contributed by atoms with Gasteiger partial charge in [0.2, 0.25) is 0 Å². The molecule has 86 valence electrons. The Hall–Kier alpha value is -1.75. The van der Waals surface area contributed by atoms with Crippen molar-refractivity contribution in [2.24, 2.45) is 7.05 Å². The van der Waals surface area contributed by atoms with E-state index < -0.39 is 0 Å². The van der Waals surface area contributed by atoms with Crippen molar-refractivity contribution in [1.29, 1.82) is 0 Å². The van der Waals surface area contributed by atoms with Crippen LogP contribution in [0.2, 0.25) is 0 Å². The summed E-state index contributed by atoms with van der Waals surface area (Å²) in [5.41, 5.74) is 8.13. The quantitative estimate of drug-likeness (QED) is 0.749. The molecule has 0 aliphatic heterocycles. The van der Waals surface area contributed by atoms with E-state index in [4.69, 9.17) is 10.2 Å². The lowest BCUT2D eigenvalue weighted by atomic mass is 10.2. The van der Waals surface area contributed by atoms with Crippen LogP contribution in [0.5, 0.6) is 0 Å². The van der Waals surface area contributed by atoms with E-state index in [1.54, 1.807) is 10.9 Å². The third-order valence-electron chi connectivity index (χ3n) is 2.68. The normalized spacial score (nSPS) is 11.2. The van der Waals surface area contributed by atoms with Gasteiger partial charge in [0, 0.05) is 16.9 Å². The molecule has 0 bridgehead atoms. The van der Waals surface area contributed by atoms with Gasteiger partial charge >= 0.3 is 0 Å². The molecule has 0 radical (unpaired) electrons. The van der Waals surface area contributed by atoms with E-state index in [0.29, 0.717) is 5.69 Å². The molecule has 0 unspecified atom stereocenters. The fourth-order valence-electron chi connectivity index (χ4n) is 1.89. The maximum absolute atomic E-state index is 5.87. The summed E-state index contributed by atoms with van der Waals surface area (Å²) in [6.07, 6.45) is 1.62. The van der Waals surface area contributed by atoms with E-state index in [-0.39, 0.29) is 0 Å². The maximum atomic E-state index is 5.87. The van der Waals surface area contributed by atoms with Gasteiger partial charge < -0.3 is 10.2 Å². The molecule has 3 aromatic rings. The van der Waals surface area contributed by atoms with Gasteiger partial charge in [0.25, 0.3) is 0 Å². The van der Waals surface area contributed by atoms with Crippen LogP contribution in [0.4, 0.5) is 5.69 Å². The van der Waals surface area contributed by atoms with E-state index in [2.05, 4.69) is 21.0 Å². The van der Waals surface area contributed by atoms with Crippen molar-refractivity contribution in [1.82, 2.24) is 9.78 Å². The zero-order valence-electron chi connectivity index (χ0n) is 9.14. The molecular formula is C12H10BrN3O. The molecule has 0 saturated heterocycles. The van der Waals surface area contributed by atoms with Crippen LogP contribution in [-0.2, 0) is 7.05 Å².